The van der Waals surface area contributed by atoms with Gasteiger partial charge in [0.25, 0.3) is 0 Å². The van der Waals surface area contributed by atoms with Crippen LogP contribution in [0, 0.1) is 11.8 Å². The highest BCUT2D eigenvalue weighted by molar-refractivity contribution is 5.86. The van der Waals surface area contributed by atoms with E-state index in [4.69, 9.17) is 4.99 Å². The second-order valence-electron chi connectivity index (χ2n) is 8.57. The lowest BCUT2D eigenvalue weighted by molar-refractivity contribution is 0.231. The van der Waals surface area contributed by atoms with E-state index in [1.54, 1.807) is 0 Å². The van der Waals surface area contributed by atoms with Crippen LogP contribution >= 0.6 is 0 Å². The lowest BCUT2D eigenvalue weighted by Crippen LogP contribution is -2.39. The Hall–Kier alpha value is -0.570. The van der Waals surface area contributed by atoms with E-state index in [0.717, 1.165) is 25.6 Å². The number of unbranched alkanes of at least 4 members (excludes halogenated alkanes) is 9. The van der Waals surface area contributed by atoms with Crippen molar-refractivity contribution in [3.8, 4) is 0 Å². The van der Waals surface area contributed by atoms with Gasteiger partial charge in [-0.3, -0.25) is 4.99 Å². The third-order valence-electron chi connectivity index (χ3n) is 6.51. The van der Waals surface area contributed by atoms with Crippen LogP contribution in [0.1, 0.15) is 103 Å². The van der Waals surface area contributed by atoms with Gasteiger partial charge in [-0.15, -0.1) is 0 Å². The van der Waals surface area contributed by atoms with Crippen molar-refractivity contribution in [3.05, 3.63) is 0 Å². The molecule has 0 saturated heterocycles. The molecule has 2 rings (SSSR count). The minimum absolute atomic E-state index is 0.259. The Kier molecular flexibility index (Phi) is 11.3. The topological polar surface area (TPSA) is 35.8 Å². The lowest BCUT2D eigenvalue weighted by atomic mass is 9.75. The SMILES string of the molecule is CCCCCCCCCCCCC1CCCCC1C1=NCCN1CCO. The fourth-order valence-corrected chi connectivity index (χ4v) is 4.99. The Labute approximate surface area is 162 Å². The summed E-state index contributed by atoms with van der Waals surface area (Å²) in [6.07, 6.45) is 21.2. The fraction of sp³-hybridized carbons (Fsp3) is 0.957. The summed E-state index contributed by atoms with van der Waals surface area (Å²) in [6.45, 7) is 5.30. The minimum atomic E-state index is 0.259. The molecule has 0 aromatic heterocycles. The van der Waals surface area contributed by atoms with Gasteiger partial charge in [0.05, 0.1) is 13.2 Å². The maximum atomic E-state index is 9.32. The first kappa shape index (κ1) is 21.7. The summed E-state index contributed by atoms with van der Waals surface area (Å²) in [6, 6.07) is 0. The van der Waals surface area contributed by atoms with E-state index in [1.165, 1.54) is 102 Å². The van der Waals surface area contributed by atoms with E-state index in [9.17, 15) is 5.11 Å². The monoisotopic (exact) mass is 364 g/mol. The van der Waals surface area contributed by atoms with Crippen LogP contribution in [0.3, 0.4) is 0 Å². The molecule has 0 amide bonds. The number of amidine groups is 1. The molecule has 3 nitrogen and oxygen atoms in total. The number of hydrogen-bond acceptors (Lipinski definition) is 3. The molecule has 1 N–H and O–H groups in total. The second kappa shape index (κ2) is 13.6. The summed E-state index contributed by atoms with van der Waals surface area (Å²) >= 11 is 0. The average molecular weight is 365 g/mol. The normalized spacial score (nSPS) is 23.5. The molecule has 26 heavy (non-hydrogen) atoms. The van der Waals surface area contributed by atoms with Gasteiger partial charge in [0, 0.05) is 19.0 Å². The summed E-state index contributed by atoms with van der Waals surface area (Å²) in [4.78, 5) is 7.20. The Morgan fingerprint density at radius 2 is 1.58 bits per heavy atom. The van der Waals surface area contributed by atoms with Gasteiger partial charge in [0.2, 0.25) is 0 Å². The van der Waals surface area contributed by atoms with Gasteiger partial charge in [-0.25, -0.2) is 0 Å². The number of nitrogens with zero attached hydrogens (tertiary/aromatic N) is 2. The predicted octanol–water partition coefficient (Wildman–Crippen LogP) is 5.81. The van der Waals surface area contributed by atoms with E-state index in [0.29, 0.717) is 5.92 Å². The van der Waals surface area contributed by atoms with Crippen molar-refractivity contribution in [2.45, 2.75) is 103 Å². The van der Waals surface area contributed by atoms with Crippen molar-refractivity contribution in [1.29, 1.82) is 0 Å². The smallest absolute Gasteiger partial charge is 0.102 e. The van der Waals surface area contributed by atoms with Gasteiger partial charge < -0.3 is 10.0 Å². The van der Waals surface area contributed by atoms with Crippen molar-refractivity contribution in [2.24, 2.45) is 16.8 Å². The fourth-order valence-electron chi connectivity index (χ4n) is 4.99. The first-order valence-electron chi connectivity index (χ1n) is 11.8. The van der Waals surface area contributed by atoms with Crippen LogP contribution in [-0.2, 0) is 0 Å². The van der Waals surface area contributed by atoms with Crippen molar-refractivity contribution in [3.63, 3.8) is 0 Å². The maximum absolute atomic E-state index is 9.32. The highest BCUT2D eigenvalue weighted by Crippen LogP contribution is 2.36. The van der Waals surface area contributed by atoms with E-state index in [-0.39, 0.29) is 6.61 Å². The first-order chi connectivity index (χ1) is 12.9. The first-order valence-corrected chi connectivity index (χ1v) is 11.8. The van der Waals surface area contributed by atoms with Crippen molar-refractivity contribution in [2.75, 3.05) is 26.2 Å². The van der Waals surface area contributed by atoms with E-state index in [1.807, 2.05) is 0 Å². The van der Waals surface area contributed by atoms with E-state index >= 15 is 0 Å². The average Bonchev–Trinajstić information content (AvgIpc) is 3.12. The Bertz CT molecular complexity index is 382. The summed E-state index contributed by atoms with van der Waals surface area (Å²) in [7, 11) is 0. The van der Waals surface area contributed by atoms with Crippen molar-refractivity contribution < 1.29 is 5.11 Å². The van der Waals surface area contributed by atoms with Gasteiger partial charge >= 0.3 is 0 Å². The Morgan fingerprint density at radius 3 is 2.27 bits per heavy atom. The molecule has 2 aliphatic rings. The second-order valence-corrected chi connectivity index (χ2v) is 8.57. The van der Waals surface area contributed by atoms with Crippen LogP contribution in [0.25, 0.3) is 0 Å². The van der Waals surface area contributed by atoms with Crippen molar-refractivity contribution in [1.82, 2.24) is 4.90 Å². The lowest BCUT2D eigenvalue weighted by Gasteiger charge is -2.35. The zero-order chi connectivity index (χ0) is 18.5. The molecular weight excluding hydrogens is 320 g/mol. The van der Waals surface area contributed by atoms with Gasteiger partial charge in [-0.05, 0) is 25.2 Å². The zero-order valence-corrected chi connectivity index (χ0v) is 17.4. The highest BCUT2D eigenvalue weighted by Gasteiger charge is 2.33. The largest absolute Gasteiger partial charge is 0.395 e. The molecule has 2 unspecified atom stereocenters. The minimum Gasteiger partial charge on any atom is -0.395 e. The molecule has 0 spiro atoms. The van der Waals surface area contributed by atoms with Crippen molar-refractivity contribution >= 4 is 5.84 Å². The van der Waals surface area contributed by atoms with Crippen LogP contribution in [0.4, 0.5) is 0 Å². The highest BCUT2D eigenvalue weighted by atomic mass is 16.3. The van der Waals surface area contributed by atoms with E-state index < -0.39 is 0 Å². The molecule has 3 heteroatoms. The van der Waals surface area contributed by atoms with Crippen LogP contribution in [0.5, 0.6) is 0 Å². The third kappa shape index (κ3) is 7.58. The predicted molar refractivity (Wildman–Crippen MR) is 113 cm³/mol. The molecule has 152 valence electrons. The standard InChI is InChI=1S/C23H44N2O/c1-2-3-4-5-6-7-8-9-10-11-14-21-15-12-13-16-22(21)23-24-17-18-25(23)19-20-26/h21-22,26H,2-20H2,1H3. The summed E-state index contributed by atoms with van der Waals surface area (Å²) in [5, 5.41) is 9.32. The summed E-state index contributed by atoms with van der Waals surface area (Å²) < 4.78 is 0. The van der Waals surface area contributed by atoms with Crippen LogP contribution < -0.4 is 0 Å². The molecule has 0 aromatic rings. The number of rotatable bonds is 14. The number of hydrogen-bond donors (Lipinski definition) is 1. The number of aliphatic imine (C=N–C) groups is 1. The van der Waals surface area contributed by atoms with Gasteiger partial charge in [0.15, 0.2) is 0 Å². The molecule has 0 bridgehead atoms. The molecule has 1 aliphatic heterocycles. The quantitative estimate of drug-likeness (QED) is 0.395. The van der Waals surface area contributed by atoms with Gasteiger partial charge in [0.1, 0.15) is 5.84 Å². The van der Waals surface area contributed by atoms with Crippen LogP contribution in [0.15, 0.2) is 4.99 Å². The van der Waals surface area contributed by atoms with E-state index in [2.05, 4.69) is 11.8 Å². The Morgan fingerprint density at radius 1 is 0.923 bits per heavy atom. The summed E-state index contributed by atoms with van der Waals surface area (Å²) in [5.74, 6) is 2.86. The van der Waals surface area contributed by atoms with Gasteiger partial charge in [-0.2, -0.15) is 0 Å². The summed E-state index contributed by atoms with van der Waals surface area (Å²) in [5.41, 5.74) is 0. The molecule has 1 fully saturated rings. The molecule has 2 atom stereocenters. The molecule has 1 saturated carbocycles. The molecule has 0 aromatic carbocycles. The molecule has 1 heterocycles. The maximum Gasteiger partial charge on any atom is 0.102 e. The third-order valence-corrected chi connectivity index (χ3v) is 6.51. The number of aliphatic hydroxyl groups is 1. The molecule has 1 aliphatic carbocycles. The zero-order valence-electron chi connectivity index (χ0n) is 17.4. The van der Waals surface area contributed by atoms with Crippen LogP contribution in [0.2, 0.25) is 0 Å². The number of aliphatic hydroxyl groups excluding tert-OH is 1. The van der Waals surface area contributed by atoms with Crippen LogP contribution in [-0.4, -0.2) is 42.1 Å². The Balaban J connectivity index is 1.60. The van der Waals surface area contributed by atoms with Gasteiger partial charge in [-0.1, -0.05) is 84.0 Å². The molecular formula is C23H44N2O. The molecule has 0 radical (unpaired) electrons. The number of β-amino-alcohol motifs (C(OH)–C–C–N with tert-alkyl or cyclic N) is 1.